The highest BCUT2D eigenvalue weighted by Crippen LogP contribution is 2.24. The quantitative estimate of drug-likeness (QED) is 0.0508. The molecule has 0 saturated carbocycles. The minimum atomic E-state index is -0.402. The van der Waals surface area contributed by atoms with E-state index in [1.807, 2.05) is 0 Å². The predicted molar refractivity (Wildman–Crippen MR) is 244 cm³/mol. The molecule has 2 N–H and O–H groups in total. The van der Waals surface area contributed by atoms with Crippen LogP contribution in [0.3, 0.4) is 0 Å². The number of hydrogen-bond acceptors (Lipinski definition) is 6. The van der Waals surface area contributed by atoms with Crippen LogP contribution >= 0.6 is 0 Å². The van der Waals surface area contributed by atoms with Gasteiger partial charge in [-0.2, -0.15) is 0 Å². The van der Waals surface area contributed by atoms with Crippen molar-refractivity contribution >= 4 is 11.4 Å². The SMILES string of the molecule is CCCCCCCCC(CC)CCCCCCCN(CCCNc1c(NC)c(=O)c1=O)CCCOCCCC(CCCCCCCC)CCCCCCCC. The third-order valence-electron chi connectivity index (χ3n) is 12.3. The van der Waals surface area contributed by atoms with Crippen molar-refractivity contribution in [1.82, 2.24) is 4.90 Å². The summed E-state index contributed by atoms with van der Waals surface area (Å²) in [5.41, 5.74) is 0.108. The summed E-state index contributed by atoms with van der Waals surface area (Å²) in [6.07, 6.45) is 43.5. The van der Waals surface area contributed by atoms with E-state index in [0.717, 1.165) is 57.5 Å². The Morgan fingerprint density at radius 2 is 0.855 bits per heavy atom. The highest BCUT2D eigenvalue weighted by Gasteiger charge is 2.19. The fourth-order valence-electron chi connectivity index (χ4n) is 8.54. The molecule has 1 unspecified atom stereocenters. The topological polar surface area (TPSA) is 70.7 Å². The molecule has 0 bridgehead atoms. The molecule has 0 saturated heterocycles. The first-order chi connectivity index (χ1) is 27.0. The molecule has 1 atom stereocenters. The number of hydrogen-bond donors (Lipinski definition) is 2. The van der Waals surface area contributed by atoms with Crippen LogP contribution in [0.2, 0.25) is 0 Å². The standard InChI is InChI=1S/C49H95N3O3/c1-6-10-13-16-20-25-33-44(9-4)34-26-23-19-24-29-39-52(40-31-38-51-47-46(50-5)48(53)49(47)54)41-32-43-55-42-30-37-45(35-27-21-17-14-11-7-2)36-28-22-18-15-12-8-3/h44-45,50-51H,6-43H2,1-5H3. The molecule has 0 aliphatic carbocycles. The van der Waals surface area contributed by atoms with Crippen LogP contribution in [0.5, 0.6) is 0 Å². The Balaban J connectivity index is 2.40. The van der Waals surface area contributed by atoms with Gasteiger partial charge in [0.25, 0.3) is 10.9 Å². The molecule has 1 aromatic rings. The number of rotatable bonds is 44. The molecule has 6 heteroatoms. The van der Waals surface area contributed by atoms with Gasteiger partial charge in [0.2, 0.25) is 0 Å². The Bertz CT molecular complexity index is 1010. The molecule has 324 valence electrons. The minimum Gasteiger partial charge on any atom is -0.383 e. The van der Waals surface area contributed by atoms with E-state index in [2.05, 4.69) is 43.2 Å². The number of nitrogens with zero attached hydrogens (tertiary/aromatic N) is 1. The lowest BCUT2D eigenvalue weighted by molar-refractivity contribution is 0.113. The van der Waals surface area contributed by atoms with Crippen molar-refractivity contribution in [2.45, 2.75) is 233 Å². The fraction of sp³-hybridized carbons (Fsp3) is 0.918. The number of anilines is 2. The fourth-order valence-corrected chi connectivity index (χ4v) is 8.54. The summed E-state index contributed by atoms with van der Waals surface area (Å²) < 4.78 is 6.22. The second-order valence-corrected chi connectivity index (χ2v) is 17.3. The summed E-state index contributed by atoms with van der Waals surface area (Å²) in [6, 6.07) is 0. The lowest BCUT2D eigenvalue weighted by atomic mass is 9.90. The number of ether oxygens (including phenoxy) is 1. The van der Waals surface area contributed by atoms with Gasteiger partial charge in [0.05, 0.1) is 0 Å². The van der Waals surface area contributed by atoms with Gasteiger partial charge < -0.3 is 20.3 Å². The maximum Gasteiger partial charge on any atom is 0.253 e. The van der Waals surface area contributed by atoms with Gasteiger partial charge in [0.1, 0.15) is 11.4 Å². The summed E-state index contributed by atoms with van der Waals surface area (Å²) in [5, 5.41) is 6.09. The van der Waals surface area contributed by atoms with Crippen LogP contribution in [0, 0.1) is 11.8 Å². The zero-order valence-corrected chi connectivity index (χ0v) is 37.7. The van der Waals surface area contributed by atoms with Crippen LogP contribution in [0.15, 0.2) is 9.59 Å². The van der Waals surface area contributed by atoms with Crippen LogP contribution in [-0.2, 0) is 4.74 Å². The first kappa shape index (κ1) is 51.6. The van der Waals surface area contributed by atoms with Crippen molar-refractivity contribution in [1.29, 1.82) is 0 Å². The second kappa shape index (κ2) is 38.1. The molecule has 1 aromatic carbocycles. The monoisotopic (exact) mass is 774 g/mol. The van der Waals surface area contributed by atoms with E-state index in [9.17, 15) is 9.59 Å². The normalized spacial score (nSPS) is 12.4. The summed E-state index contributed by atoms with van der Waals surface area (Å²) in [7, 11) is 1.70. The Kier molecular flexibility index (Phi) is 35.8. The van der Waals surface area contributed by atoms with E-state index in [-0.39, 0.29) is 5.43 Å². The molecule has 0 amide bonds. The third-order valence-corrected chi connectivity index (χ3v) is 12.3. The molecule has 0 fully saturated rings. The van der Waals surface area contributed by atoms with Crippen molar-refractivity contribution in [3.63, 3.8) is 0 Å². The van der Waals surface area contributed by atoms with Gasteiger partial charge in [-0.1, -0.05) is 201 Å². The van der Waals surface area contributed by atoms with Crippen molar-refractivity contribution in [2.75, 3.05) is 57.1 Å². The van der Waals surface area contributed by atoms with Crippen LogP contribution in [0.1, 0.15) is 233 Å². The summed E-state index contributed by atoms with van der Waals surface area (Å²) >= 11 is 0. The average Bonchev–Trinajstić information content (AvgIpc) is 3.20. The Morgan fingerprint density at radius 3 is 1.36 bits per heavy atom. The number of nitrogens with one attached hydrogen (secondary N) is 2. The molecule has 55 heavy (non-hydrogen) atoms. The van der Waals surface area contributed by atoms with Gasteiger partial charge in [-0.25, -0.2) is 0 Å². The third kappa shape index (κ3) is 27.8. The highest BCUT2D eigenvalue weighted by molar-refractivity contribution is 5.73. The Hall–Kier alpha value is -1.40. The summed E-state index contributed by atoms with van der Waals surface area (Å²) in [4.78, 5) is 26.4. The summed E-state index contributed by atoms with van der Waals surface area (Å²) in [6.45, 7) is 15.0. The lowest BCUT2D eigenvalue weighted by Gasteiger charge is -2.23. The van der Waals surface area contributed by atoms with Crippen LogP contribution in [-0.4, -0.2) is 51.3 Å². The van der Waals surface area contributed by atoms with Gasteiger partial charge in [-0.15, -0.1) is 0 Å². The van der Waals surface area contributed by atoms with Crippen LogP contribution < -0.4 is 21.5 Å². The van der Waals surface area contributed by atoms with Crippen LogP contribution in [0.25, 0.3) is 0 Å². The van der Waals surface area contributed by atoms with E-state index in [1.54, 1.807) is 7.05 Å². The first-order valence-electron chi connectivity index (χ1n) is 24.6. The van der Waals surface area contributed by atoms with Crippen molar-refractivity contribution in [3.8, 4) is 0 Å². The minimum absolute atomic E-state index is 0.387. The molecule has 0 aromatic heterocycles. The second-order valence-electron chi connectivity index (χ2n) is 17.3. The highest BCUT2D eigenvalue weighted by atomic mass is 16.5. The molecular weight excluding hydrogens is 679 g/mol. The maximum atomic E-state index is 12.0. The van der Waals surface area contributed by atoms with Gasteiger partial charge in [0, 0.05) is 33.4 Å². The van der Waals surface area contributed by atoms with Crippen molar-refractivity contribution in [2.24, 2.45) is 11.8 Å². The molecule has 0 aliphatic rings. The molecule has 0 aliphatic heterocycles. The maximum absolute atomic E-state index is 12.0. The molecular formula is C49H95N3O3. The zero-order valence-electron chi connectivity index (χ0n) is 37.7. The molecule has 0 heterocycles. The zero-order chi connectivity index (χ0) is 40.0. The van der Waals surface area contributed by atoms with Gasteiger partial charge in [-0.05, 0) is 57.0 Å². The van der Waals surface area contributed by atoms with Crippen LogP contribution in [0.4, 0.5) is 11.4 Å². The predicted octanol–water partition coefficient (Wildman–Crippen LogP) is 13.8. The first-order valence-corrected chi connectivity index (χ1v) is 24.6. The lowest BCUT2D eigenvalue weighted by Crippen LogP contribution is -2.37. The van der Waals surface area contributed by atoms with Crippen molar-refractivity contribution in [3.05, 3.63) is 20.4 Å². The van der Waals surface area contributed by atoms with Gasteiger partial charge >= 0.3 is 0 Å². The molecule has 6 nitrogen and oxygen atoms in total. The summed E-state index contributed by atoms with van der Waals surface area (Å²) in [5.74, 6) is 1.82. The van der Waals surface area contributed by atoms with E-state index >= 15 is 0 Å². The number of unbranched alkanes of at least 4 members (excludes halogenated alkanes) is 19. The average molecular weight is 774 g/mol. The Labute approximate surface area is 342 Å². The smallest absolute Gasteiger partial charge is 0.253 e. The van der Waals surface area contributed by atoms with Gasteiger partial charge in [-0.3, -0.25) is 9.59 Å². The largest absolute Gasteiger partial charge is 0.383 e. The molecule has 1 rings (SSSR count). The van der Waals surface area contributed by atoms with Gasteiger partial charge in [0.15, 0.2) is 0 Å². The van der Waals surface area contributed by atoms with E-state index in [1.165, 1.54) is 193 Å². The Morgan fingerprint density at radius 1 is 0.455 bits per heavy atom. The van der Waals surface area contributed by atoms with E-state index in [4.69, 9.17) is 4.74 Å². The molecule has 0 spiro atoms. The van der Waals surface area contributed by atoms with E-state index in [0.29, 0.717) is 17.9 Å². The molecule has 0 radical (unpaired) electrons. The van der Waals surface area contributed by atoms with Crippen molar-refractivity contribution < 1.29 is 4.74 Å². The van der Waals surface area contributed by atoms with E-state index < -0.39 is 5.43 Å².